The Morgan fingerprint density at radius 1 is 1.23 bits per heavy atom. The van der Waals surface area contributed by atoms with E-state index in [0.29, 0.717) is 18.5 Å². The number of ether oxygens (including phenoxy) is 1. The van der Waals surface area contributed by atoms with E-state index in [4.69, 9.17) is 4.74 Å². The lowest BCUT2D eigenvalue weighted by Gasteiger charge is -2.41. The van der Waals surface area contributed by atoms with Gasteiger partial charge in [-0.3, -0.25) is 9.69 Å². The molecule has 0 spiro atoms. The summed E-state index contributed by atoms with van der Waals surface area (Å²) in [7, 11) is 3.88. The summed E-state index contributed by atoms with van der Waals surface area (Å²) >= 11 is 0. The van der Waals surface area contributed by atoms with Crippen LogP contribution in [0.2, 0.25) is 0 Å². The third-order valence-corrected chi connectivity index (χ3v) is 5.80. The first kappa shape index (κ1) is 19.2. The van der Waals surface area contributed by atoms with Crippen molar-refractivity contribution in [3.63, 3.8) is 0 Å². The summed E-state index contributed by atoms with van der Waals surface area (Å²) in [5.41, 5.74) is 1.15. The summed E-state index contributed by atoms with van der Waals surface area (Å²) < 4.78 is 5.25. The van der Waals surface area contributed by atoms with Crippen LogP contribution in [0.1, 0.15) is 37.7 Å². The number of carbonyl (C=O) groups excluding carboxylic acids is 1. The van der Waals surface area contributed by atoms with E-state index >= 15 is 0 Å². The summed E-state index contributed by atoms with van der Waals surface area (Å²) in [5.74, 6) is 1.02. The Labute approximate surface area is 157 Å². The largest absolute Gasteiger partial charge is 0.497 e. The first-order valence-corrected chi connectivity index (χ1v) is 9.99. The number of hydrogen-bond acceptors (Lipinski definition) is 4. The molecule has 0 saturated carbocycles. The zero-order valence-electron chi connectivity index (χ0n) is 16.2. The number of amides is 1. The van der Waals surface area contributed by atoms with Crippen LogP contribution in [0.3, 0.4) is 0 Å². The van der Waals surface area contributed by atoms with E-state index in [1.807, 2.05) is 18.2 Å². The van der Waals surface area contributed by atoms with Crippen LogP contribution in [-0.2, 0) is 11.2 Å². The molecule has 1 unspecified atom stereocenters. The van der Waals surface area contributed by atoms with Crippen molar-refractivity contribution < 1.29 is 9.53 Å². The zero-order chi connectivity index (χ0) is 18.4. The standard InChI is InChI=1S/C21H33N3O2/c1-23-13-10-19(11-14-23)24-12-4-6-18(16-24)22-21(25)9-8-17-5-3-7-20(15-17)26-2/h3,5,7,15,18-19H,4,6,8-14,16H2,1-2H3,(H,22,25). The van der Waals surface area contributed by atoms with E-state index in [-0.39, 0.29) is 5.91 Å². The van der Waals surface area contributed by atoms with E-state index < -0.39 is 0 Å². The van der Waals surface area contributed by atoms with Gasteiger partial charge in [-0.2, -0.15) is 0 Å². The first-order chi connectivity index (χ1) is 12.6. The molecule has 3 rings (SSSR count). The number of piperidine rings is 2. The van der Waals surface area contributed by atoms with Crippen molar-refractivity contribution in [3.05, 3.63) is 29.8 Å². The van der Waals surface area contributed by atoms with Gasteiger partial charge in [-0.15, -0.1) is 0 Å². The Morgan fingerprint density at radius 3 is 2.81 bits per heavy atom. The number of benzene rings is 1. The number of hydrogen-bond donors (Lipinski definition) is 1. The number of nitrogens with one attached hydrogen (secondary N) is 1. The highest BCUT2D eigenvalue weighted by atomic mass is 16.5. The topological polar surface area (TPSA) is 44.8 Å². The average Bonchev–Trinajstić information content (AvgIpc) is 2.67. The highest BCUT2D eigenvalue weighted by Crippen LogP contribution is 2.21. The van der Waals surface area contributed by atoms with Crippen LogP contribution in [0, 0.1) is 0 Å². The molecule has 2 fully saturated rings. The van der Waals surface area contributed by atoms with Crippen LogP contribution in [-0.4, -0.2) is 68.1 Å². The van der Waals surface area contributed by atoms with Gasteiger partial charge in [-0.25, -0.2) is 0 Å². The van der Waals surface area contributed by atoms with Gasteiger partial charge in [0.1, 0.15) is 5.75 Å². The van der Waals surface area contributed by atoms with Gasteiger partial charge < -0.3 is 15.0 Å². The van der Waals surface area contributed by atoms with Crippen LogP contribution in [0.4, 0.5) is 0 Å². The molecule has 5 nitrogen and oxygen atoms in total. The van der Waals surface area contributed by atoms with Crippen molar-refractivity contribution in [2.45, 2.75) is 50.6 Å². The molecule has 0 radical (unpaired) electrons. The van der Waals surface area contributed by atoms with E-state index in [1.54, 1.807) is 7.11 Å². The first-order valence-electron chi connectivity index (χ1n) is 9.99. The smallest absolute Gasteiger partial charge is 0.220 e. The van der Waals surface area contributed by atoms with Gasteiger partial charge in [0.05, 0.1) is 7.11 Å². The third-order valence-electron chi connectivity index (χ3n) is 5.80. The minimum Gasteiger partial charge on any atom is -0.497 e. The van der Waals surface area contributed by atoms with Gasteiger partial charge in [0.25, 0.3) is 0 Å². The molecule has 2 heterocycles. The third kappa shape index (κ3) is 5.45. The molecule has 5 heteroatoms. The molecule has 26 heavy (non-hydrogen) atoms. The SMILES string of the molecule is COc1cccc(CCC(=O)NC2CCCN(C3CCN(C)CC3)C2)c1. The second kappa shape index (κ2) is 9.38. The van der Waals surface area contributed by atoms with Crippen molar-refractivity contribution in [3.8, 4) is 5.75 Å². The summed E-state index contributed by atoms with van der Waals surface area (Å²) in [5, 5.41) is 3.27. The summed E-state index contributed by atoms with van der Waals surface area (Å²) in [4.78, 5) is 17.4. The van der Waals surface area contributed by atoms with Crippen molar-refractivity contribution in [1.29, 1.82) is 0 Å². The molecule has 0 bridgehead atoms. The maximum Gasteiger partial charge on any atom is 0.220 e. The molecule has 2 aliphatic heterocycles. The normalized spacial score (nSPS) is 22.9. The van der Waals surface area contributed by atoms with Gasteiger partial charge >= 0.3 is 0 Å². The second-order valence-corrected chi connectivity index (χ2v) is 7.79. The average molecular weight is 360 g/mol. The van der Waals surface area contributed by atoms with Gasteiger partial charge in [0.2, 0.25) is 5.91 Å². The van der Waals surface area contributed by atoms with Crippen LogP contribution in [0.5, 0.6) is 5.75 Å². The van der Waals surface area contributed by atoms with Gasteiger partial charge in [0, 0.05) is 25.0 Å². The van der Waals surface area contributed by atoms with E-state index in [0.717, 1.165) is 30.7 Å². The molecule has 0 aromatic heterocycles. The quantitative estimate of drug-likeness (QED) is 0.847. The predicted octanol–water partition coefficient (Wildman–Crippen LogP) is 2.30. The second-order valence-electron chi connectivity index (χ2n) is 7.79. The molecule has 1 aromatic rings. The van der Waals surface area contributed by atoms with Crippen molar-refractivity contribution in [2.24, 2.45) is 0 Å². The lowest BCUT2D eigenvalue weighted by molar-refractivity contribution is -0.122. The van der Waals surface area contributed by atoms with E-state index in [1.165, 1.54) is 38.9 Å². The Hall–Kier alpha value is -1.59. The molecule has 2 aliphatic rings. The summed E-state index contributed by atoms with van der Waals surface area (Å²) in [6.07, 6.45) is 6.10. The molecule has 1 N–H and O–H groups in total. The lowest BCUT2D eigenvalue weighted by Crippen LogP contribution is -2.53. The minimum absolute atomic E-state index is 0.169. The van der Waals surface area contributed by atoms with Gasteiger partial charge in [-0.05, 0) is 76.5 Å². The fraction of sp³-hybridized carbons (Fsp3) is 0.667. The molecule has 1 amide bonds. The van der Waals surface area contributed by atoms with Crippen molar-refractivity contribution in [1.82, 2.24) is 15.1 Å². The van der Waals surface area contributed by atoms with Gasteiger partial charge in [-0.1, -0.05) is 12.1 Å². The van der Waals surface area contributed by atoms with Gasteiger partial charge in [0.15, 0.2) is 0 Å². The minimum atomic E-state index is 0.169. The van der Waals surface area contributed by atoms with Crippen LogP contribution in [0.25, 0.3) is 0 Å². The molecule has 1 atom stereocenters. The summed E-state index contributed by atoms with van der Waals surface area (Å²) in [6.45, 7) is 4.58. The fourth-order valence-corrected chi connectivity index (χ4v) is 4.20. The molecule has 2 saturated heterocycles. The molecule has 0 aliphatic carbocycles. The summed E-state index contributed by atoms with van der Waals surface area (Å²) in [6, 6.07) is 8.98. The molecule has 1 aromatic carbocycles. The zero-order valence-corrected chi connectivity index (χ0v) is 16.2. The Bertz CT molecular complexity index is 584. The highest BCUT2D eigenvalue weighted by Gasteiger charge is 2.28. The van der Waals surface area contributed by atoms with Crippen molar-refractivity contribution in [2.75, 3.05) is 40.3 Å². The number of likely N-dealkylation sites (tertiary alicyclic amines) is 2. The number of methoxy groups -OCH3 is 1. The number of aryl methyl sites for hydroxylation is 1. The number of carbonyl (C=O) groups is 1. The van der Waals surface area contributed by atoms with Crippen LogP contribution >= 0.6 is 0 Å². The Balaban J connectivity index is 1.43. The monoisotopic (exact) mass is 359 g/mol. The maximum absolute atomic E-state index is 12.4. The molecular weight excluding hydrogens is 326 g/mol. The molecule has 144 valence electrons. The van der Waals surface area contributed by atoms with E-state index in [2.05, 4.69) is 28.2 Å². The Morgan fingerprint density at radius 2 is 2.04 bits per heavy atom. The number of nitrogens with zero attached hydrogens (tertiary/aromatic N) is 2. The lowest BCUT2D eigenvalue weighted by atomic mass is 9.98. The van der Waals surface area contributed by atoms with Crippen molar-refractivity contribution >= 4 is 5.91 Å². The number of rotatable bonds is 6. The van der Waals surface area contributed by atoms with E-state index in [9.17, 15) is 4.79 Å². The molecular formula is C21H33N3O2. The van der Waals surface area contributed by atoms with Crippen LogP contribution in [0.15, 0.2) is 24.3 Å². The predicted molar refractivity (Wildman–Crippen MR) is 105 cm³/mol. The highest BCUT2D eigenvalue weighted by molar-refractivity contribution is 5.76. The maximum atomic E-state index is 12.4. The van der Waals surface area contributed by atoms with Crippen LogP contribution < -0.4 is 10.1 Å². The Kier molecular flexibility index (Phi) is 6.92. The fourth-order valence-electron chi connectivity index (χ4n) is 4.20.